The standard InChI is InChI=1S/C27H30Cl2FN3O5/c1-26(2,3)11-14-12-33(25(37)38-13-16(34)10-21(31)35)23(17-5-4-6-19(29)22(17)30)27(14)18-8-7-15(28)9-20(18)32-24(27)36/h4-9,14,16,23,34H,10-13H2,1-3H3,(H2,31,35)(H,32,36)/t14-,16-,23-,27?/m0/s1. The van der Waals surface area contributed by atoms with Crippen molar-refractivity contribution >= 4 is 46.8 Å². The van der Waals surface area contributed by atoms with Crippen LogP contribution in [0.4, 0.5) is 14.9 Å². The van der Waals surface area contributed by atoms with Crippen LogP contribution in [0.1, 0.15) is 50.8 Å². The predicted octanol–water partition coefficient (Wildman–Crippen LogP) is 4.80. The van der Waals surface area contributed by atoms with E-state index in [2.05, 4.69) is 5.32 Å². The maximum Gasteiger partial charge on any atom is 0.410 e. The van der Waals surface area contributed by atoms with Gasteiger partial charge in [0.15, 0.2) is 0 Å². The van der Waals surface area contributed by atoms with Crippen molar-refractivity contribution in [2.24, 2.45) is 17.1 Å². The highest BCUT2D eigenvalue weighted by Gasteiger charge is 2.65. The second-order valence-electron chi connectivity index (χ2n) is 11.1. The fourth-order valence-corrected chi connectivity index (χ4v) is 6.15. The predicted molar refractivity (Wildman–Crippen MR) is 141 cm³/mol. The number of likely N-dealkylation sites (tertiary alicyclic amines) is 1. The number of anilines is 1. The van der Waals surface area contributed by atoms with Gasteiger partial charge in [0.1, 0.15) is 17.8 Å². The molecule has 1 unspecified atom stereocenters. The molecule has 2 aliphatic rings. The molecule has 3 amide bonds. The van der Waals surface area contributed by atoms with Crippen LogP contribution in [0.15, 0.2) is 36.4 Å². The van der Waals surface area contributed by atoms with Crippen molar-refractivity contribution in [1.29, 1.82) is 0 Å². The second-order valence-corrected chi connectivity index (χ2v) is 11.9. The molecule has 0 aliphatic carbocycles. The number of carbonyl (C=O) groups is 3. The van der Waals surface area contributed by atoms with E-state index >= 15 is 4.39 Å². The summed E-state index contributed by atoms with van der Waals surface area (Å²) in [7, 11) is 0. The first-order valence-corrected chi connectivity index (χ1v) is 13.0. The third-order valence-electron chi connectivity index (χ3n) is 7.06. The van der Waals surface area contributed by atoms with Crippen molar-refractivity contribution in [2.75, 3.05) is 18.5 Å². The van der Waals surface area contributed by atoms with E-state index in [4.69, 9.17) is 33.7 Å². The molecule has 11 heteroatoms. The number of hydrogen-bond donors (Lipinski definition) is 3. The molecule has 38 heavy (non-hydrogen) atoms. The molecule has 2 aromatic carbocycles. The Morgan fingerprint density at radius 2 is 2.00 bits per heavy atom. The van der Waals surface area contributed by atoms with Gasteiger partial charge in [0.25, 0.3) is 0 Å². The number of fused-ring (bicyclic) bond motifs is 2. The molecule has 4 N–H and O–H groups in total. The van der Waals surface area contributed by atoms with E-state index in [1.165, 1.54) is 17.0 Å². The number of nitrogens with two attached hydrogens (primary N) is 1. The highest BCUT2D eigenvalue weighted by atomic mass is 35.5. The summed E-state index contributed by atoms with van der Waals surface area (Å²) in [6.07, 6.45) is -2.07. The van der Waals surface area contributed by atoms with E-state index in [1.54, 1.807) is 24.3 Å². The Balaban J connectivity index is 1.89. The summed E-state index contributed by atoms with van der Waals surface area (Å²) in [6, 6.07) is 8.33. The fourth-order valence-electron chi connectivity index (χ4n) is 5.79. The van der Waals surface area contributed by atoms with Gasteiger partial charge in [0, 0.05) is 22.8 Å². The summed E-state index contributed by atoms with van der Waals surface area (Å²) in [5.41, 5.74) is 4.61. The van der Waals surface area contributed by atoms with Gasteiger partial charge in [-0.3, -0.25) is 14.5 Å². The molecule has 0 aromatic heterocycles. The number of amides is 3. The Labute approximate surface area is 230 Å². The third-order valence-corrected chi connectivity index (χ3v) is 7.59. The summed E-state index contributed by atoms with van der Waals surface area (Å²) >= 11 is 12.4. The van der Waals surface area contributed by atoms with Crippen molar-refractivity contribution in [3.05, 3.63) is 63.4 Å². The molecular weight excluding hydrogens is 536 g/mol. The maximum atomic E-state index is 15.7. The van der Waals surface area contributed by atoms with E-state index in [1.807, 2.05) is 20.8 Å². The monoisotopic (exact) mass is 565 g/mol. The normalized spacial score (nSPS) is 23.3. The van der Waals surface area contributed by atoms with Crippen LogP contribution in [-0.2, 0) is 19.7 Å². The largest absolute Gasteiger partial charge is 0.447 e. The number of rotatable bonds is 6. The van der Waals surface area contributed by atoms with Crippen molar-refractivity contribution in [3.63, 3.8) is 0 Å². The van der Waals surface area contributed by atoms with Crippen LogP contribution in [0, 0.1) is 17.2 Å². The number of halogens is 3. The summed E-state index contributed by atoms with van der Waals surface area (Å²) in [5, 5.41) is 13.2. The van der Waals surface area contributed by atoms with Crippen molar-refractivity contribution in [2.45, 2.75) is 51.2 Å². The smallest absolute Gasteiger partial charge is 0.410 e. The lowest BCUT2D eigenvalue weighted by atomic mass is 9.63. The van der Waals surface area contributed by atoms with E-state index < -0.39 is 60.2 Å². The zero-order chi connectivity index (χ0) is 28.0. The Morgan fingerprint density at radius 3 is 2.66 bits per heavy atom. The topological polar surface area (TPSA) is 122 Å². The number of ether oxygens (including phenoxy) is 1. The minimum absolute atomic E-state index is 0.0569. The van der Waals surface area contributed by atoms with E-state index in [-0.39, 0.29) is 22.5 Å². The first kappa shape index (κ1) is 28.1. The molecule has 1 spiro atoms. The Hall–Kier alpha value is -2.88. The van der Waals surface area contributed by atoms with Gasteiger partial charge in [-0.25, -0.2) is 9.18 Å². The highest BCUT2D eigenvalue weighted by Crippen LogP contribution is 2.60. The van der Waals surface area contributed by atoms with Crippen LogP contribution in [0.5, 0.6) is 0 Å². The first-order valence-electron chi connectivity index (χ1n) is 12.2. The summed E-state index contributed by atoms with van der Waals surface area (Å²) in [6.45, 7) is 5.62. The number of aliphatic hydroxyl groups is 1. The minimum Gasteiger partial charge on any atom is -0.447 e. The SMILES string of the molecule is CC(C)(C)C[C@H]1CN(C(=O)OC[C@@H](O)CC(N)=O)[C@@H](c2cccc(Cl)c2F)C12C(=O)Nc1cc(Cl)ccc12. The number of primary amides is 1. The van der Waals surface area contributed by atoms with Crippen LogP contribution in [0.25, 0.3) is 0 Å². The molecule has 2 heterocycles. The van der Waals surface area contributed by atoms with Crippen molar-refractivity contribution in [1.82, 2.24) is 4.90 Å². The molecule has 4 atom stereocenters. The fraction of sp³-hybridized carbons (Fsp3) is 0.444. The third kappa shape index (κ3) is 5.07. The maximum absolute atomic E-state index is 15.7. The lowest BCUT2D eigenvalue weighted by Gasteiger charge is -2.38. The molecule has 1 saturated heterocycles. The van der Waals surface area contributed by atoms with Crippen molar-refractivity contribution in [3.8, 4) is 0 Å². The van der Waals surface area contributed by atoms with Crippen LogP contribution < -0.4 is 11.1 Å². The van der Waals surface area contributed by atoms with E-state index in [0.29, 0.717) is 22.7 Å². The zero-order valence-electron chi connectivity index (χ0n) is 21.3. The number of nitrogens with one attached hydrogen (secondary N) is 1. The minimum atomic E-state index is -1.39. The molecule has 0 bridgehead atoms. The number of benzene rings is 2. The van der Waals surface area contributed by atoms with Crippen LogP contribution in [0.3, 0.4) is 0 Å². The molecule has 0 saturated carbocycles. The quantitative estimate of drug-likeness (QED) is 0.464. The molecule has 0 radical (unpaired) electrons. The van der Waals surface area contributed by atoms with Gasteiger partial charge in [0.05, 0.1) is 23.6 Å². The summed E-state index contributed by atoms with van der Waals surface area (Å²) in [4.78, 5) is 40.0. The second kappa shape index (κ2) is 10.4. The summed E-state index contributed by atoms with van der Waals surface area (Å²) in [5.74, 6) is -2.35. The Bertz CT molecular complexity index is 1280. The Kier molecular flexibility index (Phi) is 7.67. The number of hydrogen-bond acceptors (Lipinski definition) is 5. The number of aliphatic hydroxyl groups excluding tert-OH is 1. The lowest BCUT2D eigenvalue weighted by Crippen LogP contribution is -2.46. The van der Waals surface area contributed by atoms with Crippen LogP contribution in [0.2, 0.25) is 10.0 Å². The van der Waals surface area contributed by atoms with Crippen LogP contribution in [-0.4, -0.2) is 47.2 Å². The molecule has 2 aromatic rings. The van der Waals surface area contributed by atoms with Gasteiger partial charge >= 0.3 is 6.09 Å². The number of carbonyl (C=O) groups excluding carboxylic acids is 3. The van der Waals surface area contributed by atoms with Crippen molar-refractivity contribution < 1.29 is 28.6 Å². The molecule has 1 fully saturated rings. The average Bonchev–Trinajstić information content (AvgIpc) is 3.27. The van der Waals surface area contributed by atoms with Gasteiger partial charge < -0.3 is 20.9 Å². The van der Waals surface area contributed by atoms with E-state index in [9.17, 15) is 19.5 Å². The summed E-state index contributed by atoms with van der Waals surface area (Å²) < 4.78 is 21.0. The zero-order valence-corrected chi connectivity index (χ0v) is 22.8. The molecular formula is C27H30Cl2FN3O5. The van der Waals surface area contributed by atoms with Crippen LogP contribution >= 0.6 is 23.2 Å². The molecule has 8 nitrogen and oxygen atoms in total. The van der Waals surface area contributed by atoms with E-state index in [0.717, 1.165) is 0 Å². The van der Waals surface area contributed by atoms with Gasteiger partial charge in [-0.1, -0.05) is 62.2 Å². The Morgan fingerprint density at radius 1 is 1.29 bits per heavy atom. The lowest BCUT2D eigenvalue weighted by molar-refractivity contribution is -0.123. The van der Waals surface area contributed by atoms with Gasteiger partial charge in [-0.2, -0.15) is 0 Å². The molecule has 4 rings (SSSR count). The van der Waals surface area contributed by atoms with Gasteiger partial charge in [0.2, 0.25) is 11.8 Å². The number of nitrogens with zero attached hydrogens (tertiary/aromatic N) is 1. The first-order chi connectivity index (χ1) is 17.8. The van der Waals surface area contributed by atoms with Gasteiger partial charge in [-0.05, 0) is 41.5 Å². The highest BCUT2D eigenvalue weighted by molar-refractivity contribution is 6.31. The molecule has 2 aliphatic heterocycles. The van der Waals surface area contributed by atoms with Gasteiger partial charge in [-0.15, -0.1) is 0 Å². The molecule has 204 valence electrons. The average molecular weight is 566 g/mol.